The summed E-state index contributed by atoms with van der Waals surface area (Å²) in [4.78, 5) is 31.5. The van der Waals surface area contributed by atoms with Crippen LogP contribution in [0.15, 0.2) is 33.9 Å². The molecule has 7 nitrogen and oxygen atoms in total. The molecule has 0 saturated carbocycles. The lowest BCUT2D eigenvalue weighted by Crippen LogP contribution is -3.13. The number of hydrogen-bond acceptors (Lipinski definition) is 3. The fraction of sp³-hybridized carbons (Fsp3) is 0.500. The molecule has 2 aromatic heterocycles. The minimum absolute atomic E-state index is 0.199. The summed E-state index contributed by atoms with van der Waals surface area (Å²) in [5.74, 6) is 1.62. The zero-order valence-corrected chi connectivity index (χ0v) is 18.0. The zero-order valence-electron chi connectivity index (χ0n) is 18.0. The van der Waals surface area contributed by atoms with E-state index in [2.05, 4.69) is 13.8 Å². The van der Waals surface area contributed by atoms with Crippen LogP contribution in [0.25, 0.3) is 11.2 Å². The fourth-order valence-electron chi connectivity index (χ4n) is 4.88. The largest absolute Gasteiger partial charge is 0.332 e. The van der Waals surface area contributed by atoms with Crippen molar-refractivity contribution in [1.29, 1.82) is 0 Å². The molecule has 8 heteroatoms. The van der Waals surface area contributed by atoms with Crippen LogP contribution in [0, 0.1) is 17.7 Å². The zero-order chi connectivity index (χ0) is 21.6. The molecule has 0 amide bonds. The highest BCUT2D eigenvalue weighted by molar-refractivity contribution is 5.71. The summed E-state index contributed by atoms with van der Waals surface area (Å²) in [6.07, 6.45) is 1.21. The normalized spacial score (nSPS) is 22.0. The second-order valence-electron chi connectivity index (χ2n) is 8.86. The summed E-state index contributed by atoms with van der Waals surface area (Å²) in [6, 6.07) is 6.57. The summed E-state index contributed by atoms with van der Waals surface area (Å²) < 4.78 is 18.7. The van der Waals surface area contributed by atoms with Crippen LogP contribution in [0.5, 0.6) is 0 Å². The van der Waals surface area contributed by atoms with Crippen LogP contribution >= 0.6 is 0 Å². The van der Waals surface area contributed by atoms with Gasteiger partial charge in [0.2, 0.25) is 0 Å². The molecule has 3 atom stereocenters. The fourth-order valence-corrected chi connectivity index (χ4v) is 4.88. The Labute approximate surface area is 174 Å². The first-order valence-electron chi connectivity index (χ1n) is 10.5. The maximum absolute atomic E-state index is 14.4. The van der Waals surface area contributed by atoms with E-state index >= 15 is 0 Å². The van der Waals surface area contributed by atoms with Crippen molar-refractivity contribution in [1.82, 2.24) is 18.7 Å². The van der Waals surface area contributed by atoms with Crippen molar-refractivity contribution in [3.05, 3.63) is 62.3 Å². The summed E-state index contributed by atoms with van der Waals surface area (Å²) in [7, 11) is 3.08. The van der Waals surface area contributed by atoms with Crippen LogP contribution in [0.1, 0.15) is 31.7 Å². The number of halogens is 1. The van der Waals surface area contributed by atoms with Crippen LogP contribution in [0.2, 0.25) is 0 Å². The Morgan fingerprint density at radius 3 is 2.43 bits per heavy atom. The van der Waals surface area contributed by atoms with Crippen molar-refractivity contribution in [2.75, 3.05) is 13.1 Å². The number of rotatable bonds is 4. The van der Waals surface area contributed by atoms with Gasteiger partial charge in [-0.1, -0.05) is 32.0 Å². The second-order valence-corrected chi connectivity index (χ2v) is 8.86. The van der Waals surface area contributed by atoms with E-state index < -0.39 is 11.2 Å². The number of fused-ring (bicyclic) bond motifs is 1. The molecule has 1 N–H and O–H groups in total. The maximum Gasteiger partial charge on any atom is 0.332 e. The van der Waals surface area contributed by atoms with E-state index in [9.17, 15) is 14.0 Å². The monoisotopic (exact) mass is 414 g/mol. The van der Waals surface area contributed by atoms with Gasteiger partial charge in [-0.3, -0.25) is 13.9 Å². The number of benzene rings is 1. The number of hydrogen-bond donors (Lipinski definition) is 1. The summed E-state index contributed by atoms with van der Waals surface area (Å²) in [5.41, 5.74) is 0.368. The van der Waals surface area contributed by atoms with Gasteiger partial charge in [0.05, 0.1) is 19.6 Å². The van der Waals surface area contributed by atoms with Gasteiger partial charge in [-0.15, -0.1) is 0 Å². The molecule has 3 heterocycles. The average Bonchev–Trinajstić information content (AvgIpc) is 3.04. The lowest BCUT2D eigenvalue weighted by atomic mass is 9.92. The molecular formula is C22H29FN5O2+. The quantitative estimate of drug-likeness (QED) is 0.683. The van der Waals surface area contributed by atoms with Gasteiger partial charge in [-0.05, 0) is 12.5 Å². The minimum atomic E-state index is -0.415. The molecule has 0 bridgehead atoms. The highest BCUT2D eigenvalue weighted by Gasteiger charge is 2.28. The minimum Gasteiger partial charge on any atom is -0.328 e. The third-order valence-electron chi connectivity index (χ3n) is 6.20. The van der Waals surface area contributed by atoms with Crippen molar-refractivity contribution in [3.63, 3.8) is 0 Å². The highest BCUT2D eigenvalue weighted by atomic mass is 19.1. The first-order chi connectivity index (χ1) is 14.3. The third-order valence-corrected chi connectivity index (χ3v) is 6.20. The Bertz CT molecular complexity index is 1200. The first kappa shape index (κ1) is 20.5. The summed E-state index contributed by atoms with van der Waals surface area (Å²) >= 11 is 0. The number of aromatic nitrogens is 4. The molecule has 160 valence electrons. The molecule has 4 rings (SSSR count). The number of nitrogens with zero attached hydrogens (tertiary/aromatic N) is 4. The van der Waals surface area contributed by atoms with Crippen LogP contribution in [0.3, 0.4) is 0 Å². The molecule has 3 aromatic rings. The lowest BCUT2D eigenvalue weighted by molar-refractivity contribution is -0.926. The van der Waals surface area contributed by atoms with Crippen LogP contribution in [-0.4, -0.2) is 31.8 Å². The van der Waals surface area contributed by atoms with Gasteiger partial charge in [0.1, 0.15) is 12.4 Å². The number of piperidine rings is 1. The van der Waals surface area contributed by atoms with E-state index in [4.69, 9.17) is 4.98 Å². The number of nitrogens with one attached hydrogen (secondary N) is 1. The maximum atomic E-state index is 14.4. The number of aryl methyl sites for hydroxylation is 1. The van der Waals surface area contributed by atoms with Crippen molar-refractivity contribution in [2.24, 2.45) is 25.9 Å². The smallest absolute Gasteiger partial charge is 0.328 e. The van der Waals surface area contributed by atoms with Gasteiger partial charge in [-0.25, -0.2) is 14.2 Å². The van der Waals surface area contributed by atoms with Crippen molar-refractivity contribution < 1.29 is 9.29 Å². The average molecular weight is 415 g/mol. The molecule has 1 saturated heterocycles. The Morgan fingerprint density at radius 1 is 1.10 bits per heavy atom. The van der Waals surface area contributed by atoms with Gasteiger partial charge in [0.15, 0.2) is 17.0 Å². The standard InChI is InChI=1S/C22H28FN5O2/c1-14-9-15(2)11-27(10-14)13-18-24-20-19(21(29)26(4)22(30)25(20)3)28(18)12-16-7-5-6-8-17(16)23/h5-8,14-15H,9-13H2,1-4H3/p+1/t14-,15+. The Morgan fingerprint density at radius 2 is 1.77 bits per heavy atom. The topological polar surface area (TPSA) is 66.3 Å². The molecule has 30 heavy (non-hydrogen) atoms. The molecule has 0 spiro atoms. The second kappa shape index (κ2) is 7.83. The molecule has 1 aliphatic heterocycles. The van der Waals surface area contributed by atoms with Crippen LogP contribution in [-0.2, 0) is 27.2 Å². The van der Waals surface area contributed by atoms with E-state index in [1.165, 1.54) is 29.0 Å². The molecule has 1 aromatic carbocycles. The van der Waals surface area contributed by atoms with E-state index in [0.717, 1.165) is 17.7 Å². The van der Waals surface area contributed by atoms with E-state index in [1.54, 1.807) is 29.8 Å². The highest BCUT2D eigenvalue weighted by Crippen LogP contribution is 2.17. The molecule has 0 aliphatic carbocycles. The third kappa shape index (κ3) is 3.60. The van der Waals surface area contributed by atoms with Crippen molar-refractivity contribution >= 4 is 11.2 Å². The Balaban J connectivity index is 1.87. The van der Waals surface area contributed by atoms with Crippen molar-refractivity contribution in [2.45, 2.75) is 33.4 Å². The van der Waals surface area contributed by atoms with Gasteiger partial charge < -0.3 is 9.47 Å². The van der Waals surface area contributed by atoms with Gasteiger partial charge >= 0.3 is 5.69 Å². The van der Waals surface area contributed by atoms with Crippen molar-refractivity contribution in [3.8, 4) is 0 Å². The lowest BCUT2D eigenvalue weighted by Gasteiger charge is -2.31. The molecular weight excluding hydrogens is 385 g/mol. The SMILES string of the molecule is C[C@@H]1C[C@H](C)C[NH+](Cc2nc3c(c(=O)n(C)c(=O)n3C)n2Cc2ccccc2F)C1. The molecule has 1 unspecified atom stereocenters. The Hall–Kier alpha value is -2.74. The van der Waals surface area contributed by atoms with E-state index in [-0.39, 0.29) is 12.4 Å². The number of likely N-dealkylation sites (tertiary alicyclic amines) is 1. The van der Waals surface area contributed by atoms with E-state index in [1.807, 2.05) is 0 Å². The predicted octanol–water partition coefficient (Wildman–Crippen LogP) is 0.682. The molecule has 1 aliphatic rings. The molecule has 1 fully saturated rings. The van der Waals surface area contributed by atoms with Crippen LogP contribution in [0.4, 0.5) is 4.39 Å². The summed E-state index contributed by atoms with van der Waals surface area (Å²) in [6.45, 7) is 7.42. The van der Waals surface area contributed by atoms with Gasteiger partial charge in [0, 0.05) is 31.5 Å². The van der Waals surface area contributed by atoms with Gasteiger partial charge in [0.25, 0.3) is 5.56 Å². The van der Waals surface area contributed by atoms with Gasteiger partial charge in [-0.2, -0.15) is 0 Å². The Kier molecular flexibility index (Phi) is 5.36. The predicted molar refractivity (Wildman–Crippen MR) is 113 cm³/mol. The molecule has 0 radical (unpaired) electrons. The summed E-state index contributed by atoms with van der Waals surface area (Å²) in [5, 5.41) is 0. The number of quaternary nitrogens is 1. The van der Waals surface area contributed by atoms with Crippen LogP contribution < -0.4 is 16.1 Å². The van der Waals surface area contributed by atoms with E-state index in [0.29, 0.717) is 40.9 Å². The number of imidazole rings is 1. The first-order valence-corrected chi connectivity index (χ1v) is 10.5.